The van der Waals surface area contributed by atoms with Gasteiger partial charge in [-0.15, -0.1) is 0 Å². The predicted molar refractivity (Wildman–Crippen MR) is 90.4 cm³/mol. The Morgan fingerprint density at radius 2 is 1.39 bits per heavy atom. The summed E-state index contributed by atoms with van der Waals surface area (Å²) in [6.07, 6.45) is -9.03. The molecule has 0 radical (unpaired) electrons. The van der Waals surface area contributed by atoms with Crippen molar-refractivity contribution in [2.45, 2.75) is 52.5 Å². The zero-order valence-electron chi connectivity index (χ0n) is 15.4. The number of benzene rings is 1. The van der Waals surface area contributed by atoms with Gasteiger partial charge in [0.1, 0.15) is 5.69 Å². The molecule has 3 nitrogen and oxygen atoms in total. The van der Waals surface area contributed by atoms with E-state index in [2.05, 4.69) is 0 Å². The lowest BCUT2D eigenvalue weighted by Crippen LogP contribution is -2.15. The van der Waals surface area contributed by atoms with Crippen LogP contribution in [0, 0.1) is 6.92 Å². The largest absolute Gasteiger partial charge is 0.477 e. The fraction of sp³-hybridized carbons (Fsp3) is 0.421. The van der Waals surface area contributed by atoms with Gasteiger partial charge in [-0.2, -0.15) is 26.3 Å². The van der Waals surface area contributed by atoms with Crippen molar-refractivity contribution in [3.63, 3.8) is 0 Å². The second-order valence-electron chi connectivity index (χ2n) is 6.40. The first-order valence-electron chi connectivity index (χ1n) is 8.53. The number of carbonyl (C=O) groups is 1. The summed E-state index contributed by atoms with van der Waals surface area (Å²) < 4.78 is 79.7. The molecule has 2 aromatic rings. The van der Waals surface area contributed by atoms with E-state index in [1.807, 2.05) is 6.92 Å². The fourth-order valence-corrected chi connectivity index (χ4v) is 3.44. The number of nitrogens with zero attached hydrogens (tertiary/aromatic N) is 1. The second kappa shape index (κ2) is 7.52. The van der Waals surface area contributed by atoms with Crippen LogP contribution >= 0.6 is 0 Å². The average molecular weight is 407 g/mol. The van der Waals surface area contributed by atoms with Gasteiger partial charge in [-0.25, -0.2) is 4.79 Å². The van der Waals surface area contributed by atoms with Crippen molar-refractivity contribution >= 4 is 5.97 Å². The molecule has 28 heavy (non-hydrogen) atoms. The van der Waals surface area contributed by atoms with Gasteiger partial charge in [-0.05, 0) is 54.7 Å². The predicted octanol–water partition coefficient (Wildman–Crippen LogP) is 5.71. The quantitative estimate of drug-likeness (QED) is 0.646. The summed E-state index contributed by atoms with van der Waals surface area (Å²) in [6, 6.07) is 1.30. The molecule has 1 aromatic carbocycles. The van der Waals surface area contributed by atoms with Crippen LogP contribution in [0.1, 0.15) is 57.8 Å². The van der Waals surface area contributed by atoms with Crippen molar-refractivity contribution < 1.29 is 36.2 Å². The minimum absolute atomic E-state index is 0.0546. The summed E-state index contributed by atoms with van der Waals surface area (Å²) in [5.74, 6) is -1.28. The van der Waals surface area contributed by atoms with Crippen LogP contribution in [0.15, 0.2) is 18.2 Å². The first-order valence-corrected chi connectivity index (χ1v) is 8.53. The minimum atomic E-state index is -4.96. The molecule has 0 atom stereocenters. The monoisotopic (exact) mass is 407 g/mol. The van der Waals surface area contributed by atoms with E-state index < -0.39 is 36.0 Å². The number of aromatic nitrogens is 1. The van der Waals surface area contributed by atoms with Crippen molar-refractivity contribution in [3.8, 4) is 0 Å². The third kappa shape index (κ3) is 4.18. The van der Waals surface area contributed by atoms with E-state index in [0.29, 0.717) is 36.2 Å². The maximum Gasteiger partial charge on any atom is 0.416 e. The maximum atomic E-state index is 13.1. The zero-order valence-corrected chi connectivity index (χ0v) is 15.4. The number of hydrogen-bond donors (Lipinski definition) is 1. The second-order valence-corrected chi connectivity index (χ2v) is 6.40. The topological polar surface area (TPSA) is 42.2 Å². The molecule has 9 heteroatoms. The van der Waals surface area contributed by atoms with E-state index in [1.165, 1.54) is 4.57 Å². The highest BCUT2D eigenvalue weighted by molar-refractivity contribution is 5.88. The van der Waals surface area contributed by atoms with Gasteiger partial charge >= 0.3 is 18.3 Å². The zero-order chi connectivity index (χ0) is 21.4. The average Bonchev–Trinajstić information content (AvgIpc) is 2.84. The lowest BCUT2D eigenvalue weighted by Gasteiger charge is -2.16. The molecule has 1 N–H and O–H groups in total. The summed E-state index contributed by atoms with van der Waals surface area (Å²) in [6.45, 7) is 4.76. The van der Waals surface area contributed by atoms with Gasteiger partial charge in [0.15, 0.2) is 0 Å². The molecule has 0 unspecified atom stereocenters. The Hall–Kier alpha value is -2.45. The SMILES string of the molecule is CCc1c(CC)c(C(=O)O)n(Cc2cc(C(F)(F)F)cc(C(F)(F)F)c2)c1C. The molecule has 0 saturated carbocycles. The number of rotatable bonds is 5. The Bertz CT molecular complexity index is 861. The van der Waals surface area contributed by atoms with Gasteiger partial charge in [0.05, 0.1) is 11.1 Å². The number of carboxylic acid groups (broad SMARTS) is 1. The smallest absolute Gasteiger partial charge is 0.416 e. The molecule has 0 amide bonds. The van der Waals surface area contributed by atoms with Crippen LogP contribution < -0.4 is 0 Å². The van der Waals surface area contributed by atoms with Crippen LogP contribution in [0.2, 0.25) is 0 Å². The summed E-state index contributed by atoms with van der Waals surface area (Å²) >= 11 is 0. The van der Waals surface area contributed by atoms with Gasteiger partial charge in [-0.3, -0.25) is 0 Å². The van der Waals surface area contributed by atoms with E-state index in [-0.39, 0.29) is 17.3 Å². The molecule has 0 aliphatic heterocycles. The Balaban J connectivity index is 2.69. The Kier molecular flexibility index (Phi) is 5.87. The molecule has 0 aliphatic carbocycles. The van der Waals surface area contributed by atoms with Gasteiger partial charge in [0.2, 0.25) is 0 Å². The van der Waals surface area contributed by atoms with Crippen molar-refractivity contribution in [2.75, 3.05) is 0 Å². The fourth-order valence-electron chi connectivity index (χ4n) is 3.44. The summed E-state index contributed by atoms with van der Waals surface area (Å²) in [7, 11) is 0. The summed E-state index contributed by atoms with van der Waals surface area (Å²) in [5.41, 5.74) is -1.44. The highest BCUT2D eigenvalue weighted by atomic mass is 19.4. The molecule has 154 valence electrons. The number of carboxylic acids is 1. The van der Waals surface area contributed by atoms with Crippen molar-refractivity contribution in [3.05, 3.63) is 57.4 Å². The third-order valence-corrected chi connectivity index (χ3v) is 4.66. The van der Waals surface area contributed by atoms with Crippen LogP contribution in [0.5, 0.6) is 0 Å². The molecule has 1 heterocycles. The van der Waals surface area contributed by atoms with Crippen LogP contribution in [-0.4, -0.2) is 15.6 Å². The van der Waals surface area contributed by atoms with Gasteiger partial charge < -0.3 is 9.67 Å². The Morgan fingerprint density at radius 3 is 1.75 bits per heavy atom. The third-order valence-electron chi connectivity index (χ3n) is 4.66. The van der Waals surface area contributed by atoms with Gasteiger partial charge in [0.25, 0.3) is 0 Å². The van der Waals surface area contributed by atoms with Crippen molar-refractivity contribution in [1.82, 2.24) is 4.57 Å². The van der Waals surface area contributed by atoms with Gasteiger partial charge in [-0.1, -0.05) is 13.8 Å². The minimum Gasteiger partial charge on any atom is -0.477 e. The molecule has 0 spiro atoms. The normalized spacial score (nSPS) is 12.5. The number of alkyl halides is 6. The van der Waals surface area contributed by atoms with E-state index in [9.17, 15) is 36.2 Å². The molecule has 0 fully saturated rings. The van der Waals surface area contributed by atoms with Crippen molar-refractivity contribution in [1.29, 1.82) is 0 Å². The van der Waals surface area contributed by atoms with Crippen LogP contribution in [0.3, 0.4) is 0 Å². The molecular weight excluding hydrogens is 388 g/mol. The van der Waals surface area contributed by atoms with Gasteiger partial charge in [0, 0.05) is 12.2 Å². The first kappa shape index (κ1) is 21.8. The number of hydrogen-bond acceptors (Lipinski definition) is 1. The molecule has 0 saturated heterocycles. The highest BCUT2D eigenvalue weighted by Crippen LogP contribution is 2.37. The molecule has 2 rings (SSSR count). The highest BCUT2D eigenvalue weighted by Gasteiger charge is 2.37. The maximum absolute atomic E-state index is 13.1. The molecular formula is C19H19F6NO2. The molecule has 0 aliphatic rings. The van der Waals surface area contributed by atoms with Crippen LogP contribution in [-0.2, 0) is 31.7 Å². The molecule has 0 bridgehead atoms. The van der Waals surface area contributed by atoms with Crippen LogP contribution in [0.25, 0.3) is 0 Å². The first-order chi connectivity index (χ1) is 12.8. The van der Waals surface area contributed by atoms with E-state index in [1.54, 1.807) is 13.8 Å². The molecule has 1 aromatic heterocycles. The number of halogens is 6. The van der Waals surface area contributed by atoms with E-state index in [0.717, 1.165) is 5.56 Å². The Labute approximate surface area is 157 Å². The van der Waals surface area contributed by atoms with Crippen LogP contribution in [0.4, 0.5) is 26.3 Å². The Morgan fingerprint density at radius 1 is 0.929 bits per heavy atom. The van der Waals surface area contributed by atoms with E-state index in [4.69, 9.17) is 0 Å². The lowest BCUT2D eigenvalue weighted by atomic mass is 10.0. The van der Waals surface area contributed by atoms with E-state index >= 15 is 0 Å². The van der Waals surface area contributed by atoms with Crippen molar-refractivity contribution in [2.24, 2.45) is 0 Å². The lowest BCUT2D eigenvalue weighted by molar-refractivity contribution is -0.143. The standard InChI is InChI=1S/C19H19F6NO2/c1-4-14-10(3)26(16(17(27)28)15(14)5-2)9-11-6-12(18(20,21)22)8-13(7-11)19(23,24)25/h6-8H,4-5,9H2,1-3H3,(H,27,28). The summed E-state index contributed by atoms with van der Waals surface area (Å²) in [4.78, 5) is 11.7. The summed E-state index contributed by atoms with van der Waals surface area (Å²) in [5, 5.41) is 9.58. The number of aromatic carboxylic acids is 1.